The molecule has 1 aliphatic carbocycles. The monoisotopic (exact) mass is 406 g/mol. The molecule has 0 bridgehead atoms. The van der Waals surface area contributed by atoms with Crippen LogP contribution < -0.4 is 16.4 Å². The lowest BCUT2D eigenvalue weighted by atomic mass is 9.92. The molecule has 0 radical (unpaired) electrons. The molecule has 2 aromatic heterocycles. The number of hydrogen-bond acceptors (Lipinski definition) is 5. The summed E-state index contributed by atoms with van der Waals surface area (Å²) >= 11 is 6.38. The predicted molar refractivity (Wildman–Crippen MR) is 119 cm³/mol. The number of anilines is 3. The van der Waals surface area contributed by atoms with Gasteiger partial charge < -0.3 is 16.4 Å². The molecule has 1 aliphatic rings. The maximum absolute atomic E-state index is 6.38. The summed E-state index contributed by atoms with van der Waals surface area (Å²) in [5, 5.41) is 14.6. The number of imidazole rings is 1. The van der Waals surface area contributed by atoms with Crippen molar-refractivity contribution < 1.29 is 0 Å². The van der Waals surface area contributed by atoms with Gasteiger partial charge in [0.1, 0.15) is 5.82 Å². The third-order valence-electron chi connectivity index (χ3n) is 5.62. The van der Waals surface area contributed by atoms with Crippen molar-refractivity contribution in [1.29, 1.82) is 0 Å². The Morgan fingerprint density at radius 2 is 1.79 bits per heavy atom. The number of halogens is 1. The van der Waals surface area contributed by atoms with Crippen LogP contribution in [0.4, 0.5) is 17.2 Å². The number of fused-ring (bicyclic) bond motifs is 2. The van der Waals surface area contributed by atoms with Gasteiger partial charge in [0.2, 0.25) is 0 Å². The molecular formula is C22H23ClN6. The van der Waals surface area contributed by atoms with E-state index in [1.807, 2.05) is 42.6 Å². The van der Waals surface area contributed by atoms with Crippen molar-refractivity contribution in [1.82, 2.24) is 14.6 Å². The van der Waals surface area contributed by atoms with Crippen LogP contribution in [-0.4, -0.2) is 26.7 Å². The lowest BCUT2D eigenvalue weighted by molar-refractivity contribution is 0.410. The van der Waals surface area contributed by atoms with E-state index in [4.69, 9.17) is 17.3 Å². The number of rotatable bonds is 4. The number of hydrogen-bond donors (Lipinski definition) is 3. The van der Waals surface area contributed by atoms with Crippen LogP contribution in [0.15, 0.2) is 54.9 Å². The van der Waals surface area contributed by atoms with Crippen molar-refractivity contribution >= 4 is 45.2 Å². The molecular weight excluding hydrogens is 384 g/mol. The molecule has 0 saturated heterocycles. The molecule has 0 unspecified atom stereocenters. The zero-order valence-corrected chi connectivity index (χ0v) is 16.7. The normalized spacial score (nSPS) is 19.5. The van der Waals surface area contributed by atoms with Crippen LogP contribution in [0.5, 0.6) is 0 Å². The smallest absolute Gasteiger partial charge is 0.177 e. The van der Waals surface area contributed by atoms with Crippen molar-refractivity contribution in [2.75, 3.05) is 10.6 Å². The van der Waals surface area contributed by atoms with Crippen LogP contribution in [0.25, 0.3) is 16.4 Å². The Balaban J connectivity index is 1.50. The van der Waals surface area contributed by atoms with Gasteiger partial charge in [-0.25, -0.2) is 9.50 Å². The van der Waals surface area contributed by atoms with Crippen LogP contribution in [0.2, 0.25) is 5.02 Å². The van der Waals surface area contributed by atoms with Crippen LogP contribution in [-0.2, 0) is 0 Å². The van der Waals surface area contributed by atoms with E-state index in [-0.39, 0.29) is 0 Å². The summed E-state index contributed by atoms with van der Waals surface area (Å²) in [7, 11) is 0. The summed E-state index contributed by atoms with van der Waals surface area (Å²) in [6.07, 6.45) is 7.85. The number of benzene rings is 2. The van der Waals surface area contributed by atoms with E-state index in [0.29, 0.717) is 12.1 Å². The van der Waals surface area contributed by atoms with Crippen LogP contribution in [0.1, 0.15) is 25.7 Å². The number of nitrogens with one attached hydrogen (secondary N) is 2. The first-order valence-corrected chi connectivity index (χ1v) is 10.4. The lowest BCUT2D eigenvalue weighted by Crippen LogP contribution is -2.33. The summed E-state index contributed by atoms with van der Waals surface area (Å²) in [6, 6.07) is 14.8. The highest BCUT2D eigenvalue weighted by Gasteiger charge is 2.19. The van der Waals surface area contributed by atoms with Crippen molar-refractivity contribution in [2.24, 2.45) is 5.73 Å². The molecule has 2 aromatic carbocycles. The minimum atomic E-state index is 0.326. The minimum Gasteiger partial charge on any atom is -0.366 e. The number of nitrogens with two attached hydrogens (primary N) is 1. The van der Waals surface area contributed by atoms with E-state index < -0.39 is 0 Å². The van der Waals surface area contributed by atoms with Crippen LogP contribution >= 0.6 is 11.6 Å². The number of aromatic nitrogens is 3. The standard InChI is InChI=1S/C22H23ClN6/c23-18-9-10-19(17-4-2-1-3-16(17)18)27-20-13-21(28-29-12-11-25-22(20)29)26-15-7-5-14(24)6-8-15/h1-4,9-15,27H,5-8,24H2,(H,26,28). The molecule has 148 valence electrons. The second-order valence-corrected chi connectivity index (χ2v) is 8.07. The average molecular weight is 407 g/mol. The summed E-state index contributed by atoms with van der Waals surface area (Å²) < 4.78 is 1.80. The summed E-state index contributed by atoms with van der Waals surface area (Å²) in [5.41, 5.74) is 8.70. The zero-order valence-electron chi connectivity index (χ0n) is 16.0. The first-order chi connectivity index (χ1) is 14.2. The van der Waals surface area contributed by atoms with E-state index >= 15 is 0 Å². The fourth-order valence-electron chi connectivity index (χ4n) is 4.07. The largest absolute Gasteiger partial charge is 0.366 e. The molecule has 4 aromatic rings. The van der Waals surface area contributed by atoms with Gasteiger partial charge in [0, 0.05) is 52.0 Å². The van der Waals surface area contributed by atoms with Gasteiger partial charge in [0.25, 0.3) is 0 Å². The second-order valence-electron chi connectivity index (χ2n) is 7.66. The molecule has 7 heteroatoms. The summed E-state index contributed by atoms with van der Waals surface area (Å²) in [5.74, 6) is 0.830. The molecule has 0 spiro atoms. The SMILES string of the molecule is NC1CCC(Nc2cc(Nc3ccc(Cl)c4ccccc34)c3nccn3n2)CC1. The Labute approximate surface area is 174 Å². The molecule has 29 heavy (non-hydrogen) atoms. The Morgan fingerprint density at radius 1 is 1.00 bits per heavy atom. The fraction of sp³-hybridized carbons (Fsp3) is 0.273. The highest BCUT2D eigenvalue weighted by Crippen LogP contribution is 2.33. The van der Waals surface area contributed by atoms with E-state index in [9.17, 15) is 0 Å². The molecule has 0 aliphatic heterocycles. The average Bonchev–Trinajstić information content (AvgIpc) is 3.21. The van der Waals surface area contributed by atoms with Gasteiger partial charge in [-0.05, 0) is 37.8 Å². The molecule has 1 saturated carbocycles. The predicted octanol–water partition coefficient (Wildman–Crippen LogP) is 4.96. The number of nitrogens with zero attached hydrogens (tertiary/aromatic N) is 3. The van der Waals surface area contributed by atoms with Gasteiger partial charge in [-0.2, -0.15) is 0 Å². The second kappa shape index (κ2) is 7.54. The van der Waals surface area contributed by atoms with Gasteiger partial charge >= 0.3 is 0 Å². The molecule has 1 fully saturated rings. The Hall–Kier alpha value is -2.83. The van der Waals surface area contributed by atoms with E-state index in [1.54, 1.807) is 10.7 Å². The van der Waals surface area contributed by atoms with Crippen molar-refractivity contribution in [2.45, 2.75) is 37.8 Å². The van der Waals surface area contributed by atoms with Gasteiger partial charge in [-0.1, -0.05) is 35.9 Å². The van der Waals surface area contributed by atoms with Gasteiger partial charge in [-0.3, -0.25) is 0 Å². The maximum Gasteiger partial charge on any atom is 0.177 e. The first kappa shape index (κ1) is 18.2. The van der Waals surface area contributed by atoms with Gasteiger partial charge in [0.15, 0.2) is 5.65 Å². The van der Waals surface area contributed by atoms with Crippen LogP contribution in [0, 0.1) is 0 Å². The third-order valence-corrected chi connectivity index (χ3v) is 5.95. The molecule has 0 amide bonds. The molecule has 6 nitrogen and oxygen atoms in total. The van der Waals surface area contributed by atoms with E-state index in [1.165, 1.54) is 0 Å². The summed E-state index contributed by atoms with van der Waals surface area (Å²) in [4.78, 5) is 4.48. The van der Waals surface area contributed by atoms with E-state index in [2.05, 4.69) is 26.8 Å². The molecule has 5 rings (SSSR count). The highest BCUT2D eigenvalue weighted by molar-refractivity contribution is 6.36. The quantitative estimate of drug-likeness (QED) is 0.446. The minimum absolute atomic E-state index is 0.326. The van der Waals surface area contributed by atoms with Crippen molar-refractivity contribution in [3.63, 3.8) is 0 Å². The highest BCUT2D eigenvalue weighted by atomic mass is 35.5. The third kappa shape index (κ3) is 3.61. The Kier molecular flexibility index (Phi) is 4.73. The molecule has 0 atom stereocenters. The Morgan fingerprint density at radius 3 is 2.62 bits per heavy atom. The first-order valence-electron chi connectivity index (χ1n) is 9.98. The van der Waals surface area contributed by atoms with E-state index in [0.717, 1.165) is 64.3 Å². The zero-order chi connectivity index (χ0) is 19.8. The fourth-order valence-corrected chi connectivity index (χ4v) is 4.30. The van der Waals surface area contributed by atoms with Crippen LogP contribution in [0.3, 0.4) is 0 Å². The lowest BCUT2D eigenvalue weighted by Gasteiger charge is -2.27. The van der Waals surface area contributed by atoms with Crippen molar-refractivity contribution in [3.8, 4) is 0 Å². The topological polar surface area (TPSA) is 80.3 Å². The molecule has 4 N–H and O–H groups in total. The van der Waals surface area contributed by atoms with Crippen molar-refractivity contribution in [3.05, 3.63) is 59.9 Å². The van der Waals surface area contributed by atoms with Gasteiger partial charge in [-0.15, -0.1) is 5.10 Å². The summed E-state index contributed by atoms with van der Waals surface area (Å²) in [6.45, 7) is 0. The van der Waals surface area contributed by atoms with Gasteiger partial charge in [0.05, 0.1) is 5.69 Å². The molecule has 2 heterocycles. The Bertz CT molecular complexity index is 1160. The maximum atomic E-state index is 6.38.